The minimum atomic E-state index is -1.80. The van der Waals surface area contributed by atoms with Crippen molar-refractivity contribution in [1.29, 1.82) is 0 Å². The van der Waals surface area contributed by atoms with Gasteiger partial charge in [0.25, 0.3) is 0 Å². The van der Waals surface area contributed by atoms with Crippen LogP contribution in [0.2, 0.25) is 0 Å². The number of amides is 2. The molecule has 6 atom stereocenters. The molecule has 3 N–H and O–H groups in total. The zero-order valence-corrected chi connectivity index (χ0v) is 27.7. The van der Waals surface area contributed by atoms with E-state index in [0.29, 0.717) is 28.0 Å². The molecule has 10 heteroatoms. The van der Waals surface area contributed by atoms with Crippen molar-refractivity contribution in [2.45, 2.75) is 24.2 Å². The summed E-state index contributed by atoms with van der Waals surface area (Å²) < 4.78 is 5.59. The predicted octanol–water partition coefficient (Wildman–Crippen LogP) is 4.11. The lowest BCUT2D eigenvalue weighted by Crippen LogP contribution is -2.58. The number of phenols is 1. The quantitative estimate of drug-likeness (QED) is 0.157. The number of aromatic hydroxyl groups is 1. The number of carbonyl (C=O) groups excluding carboxylic acids is 4. The van der Waals surface area contributed by atoms with Crippen molar-refractivity contribution in [3.63, 3.8) is 0 Å². The zero-order valence-electron chi connectivity index (χ0n) is 27.7. The predicted molar refractivity (Wildman–Crippen MR) is 190 cm³/mol. The third kappa shape index (κ3) is 4.85. The van der Waals surface area contributed by atoms with E-state index in [0.717, 1.165) is 4.90 Å². The summed E-state index contributed by atoms with van der Waals surface area (Å²) in [5, 5.41) is 31.2. The van der Waals surface area contributed by atoms with Crippen molar-refractivity contribution in [2.75, 3.05) is 12.0 Å². The standard InChI is InChI=1S/C41H34BNO8/c1-51-27-15-18-34(44)32(20-27)37-28-16-17-29-36(40(48)43(39(29)47)26-14-8-13-25(19-26)42(49)50)31(28)21-33-38(46)30(23-9-4-2-5-10-23)22-35(45)41(33,37)24-11-6-3-7-12-24/h2-16,18-20,22,29,31,33,36-37,44,49-50H,17,21H2,1H3/t29-,31+,33-,36-,37+,41-/m0/s1. The fraction of sp³-hybridized carbons (Fsp3) is 0.220. The molecule has 0 spiro atoms. The molecule has 0 unspecified atom stereocenters. The van der Waals surface area contributed by atoms with Gasteiger partial charge in [-0.3, -0.25) is 24.1 Å². The summed E-state index contributed by atoms with van der Waals surface area (Å²) in [7, 11) is -0.289. The third-order valence-electron chi connectivity index (χ3n) is 11.3. The Morgan fingerprint density at radius 1 is 0.824 bits per heavy atom. The number of hydrogen-bond donors (Lipinski definition) is 3. The lowest BCUT2D eigenvalue weighted by molar-refractivity contribution is -0.135. The first-order valence-corrected chi connectivity index (χ1v) is 17.0. The lowest BCUT2D eigenvalue weighted by atomic mass is 9.44. The van der Waals surface area contributed by atoms with Gasteiger partial charge in [0.1, 0.15) is 11.5 Å². The number of phenolic OH excluding ortho intramolecular Hbond substituents is 1. The molecular formula is C41H34BNO8. The summed E-state index contributed by atoms with van der Waals surface area (Å²) >= 11 is 0. The first-order chi connectivity index (χ1) is 24.7. The minimum absolute atomic E-state index is 0.0913. The number of imide groups is 1. The molecule has 2 amide bonds. The van der Waals surface area contributed by atoms with E-state index < -0.39 is 53.9 Å². The maximum Gasteiger partial charge on any atom is 0.488 e. The van der Waals surface area contributed by atoms with Gasteiger partial charge >= 0.3 is 7.12 Å². The van der Waals surface area contributed by atoms with Crippen molar-refractivity contribution in [2.24, 2.45) is 23.7 Å². The van der Waals surface area contributed by atoms with Crippen LogP contribution in [0.4, 0.5) is 5.69 Å². The largest absolute Gasteiger partial charge is 0.508 e. The number of nitrogens with zero attached hydrogens (tertiary/aromatic N) is 1. The van der Waals surface area contributed by atoms with E-state index in [1.54, 1.807) is 48.5 Å². The van der Waals surface area contributed by atoms with Gasteiger partial charge in [0, 0.05) is 23.0 Å². The van der Waals surface area contributed by atoms with Gasteiger partial charge in [0.15, 0.2) is 11.6 Å². The van der Waals surface area contributed by atoms with Gasteiger partial charge in [-0.1, -0.05) is 84.4 Å². The fourth-order valence-corrected chi connectivity index (χ4v) is 9.19. The van der Waals surface area contributed by atoms with Gasteiger partial charge in [-0.2, -0.15) is 0 Å². The Labute approximate surface area is 294 Å². The van der Waals surface area contributed by atoms with E-state index in [2.05, 4.69) is 0 Å². The number of methoxy groups -OCH3 is 1. The molecule has 254 valence electrons. The van der Waals surface area contributed by atoms with Crippen molar-refractivity contribution in [3.8, 4) is 11.5 Å². The lowest BCUT2D eigenvalue weighted by Gasteiger charge is -2.55. The molecule has 4 aromatic rings. The molecule has 0 bridgehead atoms. The molecule has 4 aliphatic rings. The highest BCUT2D eigenvalue weighted by atomic mass is 16.5. The molecule has 1 saturated heterocycles. The van der Waals surface area contributed by atoms with Crippen LogP contribution in [0.3, 0.4) is 0 Å². The summed E-state index contributed by atoms with van der Waals surface area (Å²) in [6.45, 7) is 0. The number of anilines is 1. The van der Waals surface area contributed by atoms with Crippen LogP contribution in [0.25, 0.3) is 5.57 Å². The van der Waals surface area contributed by atoms with Crippen molar-refractivity contribution < 1.29 is 39.1 Å². The van der Waals surface area contributed by atoms with Gasteiger partial charge in [-0.05, 0) is 71.8 Å². The maximum atomic E-state index is 15.1. The highest BCUT2D eigenvalue weighted by molar-refractivity contribution is 6.58. The first-order valence-electron chi connectivity index (χ1n) is 17.0. The molecule has 3 aliphatic carbocycles. The van der Waals surface area contributed by atoms with E-state index in [1.165, 1.54) is 31.4 Å². The van der Waals surface area contributed by atoms with Crippen LogP contribution in [0, 0.1) is 23.7 Å². The smallest absolute Gasteiger partial charge is 0.488 e. The molecule has 0 radical (unpaired) electrons. The van der Waals surface area contributed by atoms with E-state index in [4.69, 9.17) is 4.74 Å². The van der Waals surface area contributed by atoms with E-state index in [9.17, 15) is 24.7 Å². The third-order valence-corrected chi connectivity index (χ3v) is 11.3. The number of benzene rings is 4. The topological polar surface area (TPSA) is 141 Å². The van der Waals surface area contributed by atoms with Crippen LogP contribution in [0.1, 0.15) is 35.4 Å². The van der Waals surface area contributed by atoms with Gasteiger partial charge < -0.3 is 19.9 Å². The molecule has 0 aromatic heterocycles. The number of fused-ring (bicyclic) bond motifs is 4. The number of allylic oxidation sites excluding steroid dienone is 4. The highest BCUT2D eigenvalue weighted by Crippen LogP contribution is 2.64. The number of Topliss-reactive ketones (excluding diaryl/α,β-unsaturated/α-hetero) is 1. The van der Waals surface area contributed by atoms with Crippen LogP contribution in [-0.4, -0.2) is 52.8 Å². The summed E-state index contributed by atoms with van der Waals surface area (Å²) in [6, 6.07) is 29.0. The Hall–Kier alpha value is -5.58. The summed E-state index contributed by atoms with van der Waals surface area (Å²) in [4.78, 5) is 59.9. The summed E-state index contributed by atoms with van der Waals surface area (Å²) in [6.07, 6.45) is 3.67. The van der Waals surface area contributed by atoms with E-state index in [1.807, 2.05) is 42.5 Å². The van der Waals surface area contributed by atoms with Gasteiger partial charge in [-0.25, -0.2) is 0 Å². The van der Waals surface area contributed by atoms with E-state index in [-0.39, 0.29) is 46.9 Å². The minimum Gasteiger partial charge on any atom is -0.508 e. The monoisotopic (exact) mass is 679 g/mol. The van der Waals surface area contributed by atoms with Crippen molar-refractivity contribution >= 4 is 47.2 Å². The van der Waals surface area contributed by atoms with Crippen molar-refractivity contribution in [3.05, 3.63) is 138 Å². The molecule has 1 aliphatic heterocycles. The average molecular weight is 680 g/mol. The summed E-state index contributed by atoms with van der Waals surface area (Å²) in [5.41, 5.74) is 1.44. The molecule has 4 aromatic carbocycles. The molecule has 1 heterocycles. The van der Waals surface area contributed by atoms with Crippen LogP contribution in [-0.2, 0) is 24.6 Å². The molecule has 9 nitrogen and oxygen atoms in total. The van der Waals surface area contributed by atoms with Gasteiger partial charge in [0.2, 0.25) is 11.8 Å². The van der Waals surface area contributed by atoms with Gasteiger partial charge in [-0.15, -0.1) is 0 Å². The Morgan fingerprint density at radius 3 is 2.25 bits per heavy atom. The Kier molecular flexibility index (Phi) is 7.89. The number of rotatable bonds is 6. The second-order valence-corrected chi connectivity index (χ2v) is 13.7. The van der Waals surface area contributed by atoms with Crippen LogP contribution in [0.5, 0.6) is 11.5 Å². The SMILES string of the molecule is COc1ccc(O)c([C@H]2C3=CC[C@@H]4C(=O)N(c5cccc(B(O)O)c5)C(=O)[C@@H]4[C@@H]3C[C@H]3C(=O)C(c4ccccc4)=CC(=O)[C@@]23c2ccccc2)c1. The first kappa shape index (κ1) is 32.6. The second kappa shape index (κ2) is 12.3. The van der Waals surface area contributed by atoms with Gasteiger partial charge in [0.05, 0.1) is 30.0 Å². The number of ketones is 2. The number of ether oxygens (including phenoxy) is 1. The Bertz CT molecular complexity index is 2160. The highest BCUT2D eigenvalue weighted by Gasteiger charge is 2.66. The fourth-order valence-electron chi connectivity index (χ4n) is 9.19. The van der Waals surface area contributed by atoms with Crippen molar-refractivity contribution in [1.82, 2.24) is 0 Å². The summed E-state index contributed by atoms with van der Waals surface area (Å²) in [5.74, 6) is -5.16. The number of carbonyl (C=O) groups is 4. The normalized spacial score (nSPS) is 26.9. The molecule has 51 heavy (non-hydrogen) atoms. The van der Waals surface area contributed by atoms with Crippen LogP contribution in [0.15, 0.2) is 121 Å². The molecule has 2 fully saturated rings. The Morgan fingerprint density at radius 2 is 1.55 bits per heavy atom. The second-order valence-electron chi connectivity index (χ2n) is 13.7. The van der Waals surface area contributed by atoms with Crippen LogP contribution >= 0.6 is 0 Å². The molecule has 1 saturated carbocycles. The average Bonchev–Trinajstić information content (AvgIpc) is 3.42. The number of hydrogen-bond acceptors (Lipinski definition) is 8. The van der Waals surface area contributed by atoms with Crippen LogP contribution < -0.4 is 15.1 Å². The van der Waals surface area contributed by atoms with E-state index >= 15 is 9.59 Å². The zero-order chi connectivity index (χ0) is 35.6. The Balaban J connectivity index is 1.36. The maximum absolute atomic E-state index is 15.1. The molecule has 8 rings (SSSR count). The molecular weight excluding hydrogens is 645 g/mol.